The van der Waals surface area contributed by atoms with Gasteiger partial charge in [-0.15, -0.1) is 0 Å². The number of hydrogen-bond acceptors (Lipinski definition) is 5. The molecule has 0 saturated carbocycles. The first-order chi connectivity index (χ1) is 11.0. The van der Waals surface area contributed by atoms with Gasteiger partial charge in [-0.3, -0.25) is 10.1 Å². The van der Waals surface area contributed by atoms with Crippen LogP contribution in [0.25, 0.3) is 6.08 Å². The Morgan fingerprint density at radius 1 is 1.09 bits per heavy atom. The van der Waals surface area contributed by atoms with Crippen molar-refractivity contribution in [2.24, 2.45) is 4.99 Å². The number of nitro groups is 1. The summed E-state index contributed by atoms with van der Waals surface area (Å²) in [6, 6.07) is 11.1. The summed E-state index contributed by atoms with van der Waals surface area (Å²) in [6.45, 7) is 0. The van der Waals surface area contributed by atoms with Crippen LogP contribution in [0.5, 0.6) is 0 Å². The van der Waals surface area contributed by atoms with E-state index in [1.807, 2.05) is 0 Å². The number of cyclic esters (lactones) is 1. The van der Waals surface area contributed by atoms with Crippen molar-refractivity contribution < 1.29 is 18.8 Å². The van der Waals surface area contributed by atoms with Gasteiger partial charge in [-0.25, -0.2) is 14.2 Å². The lowest BCUT2D eigenvalue weighted by atomic mass is 10.2. The van der Waals surface area contributed by atoms with Crippen molar-refractivity contribution in [2.45, 2.75) is 0 Å². The second kappa shape index (κ2) is 5.80. The zero-order chi connectivity index (χ0) is 16.4. The molecule has 0 spiro atoms. The molecule has 0 unspecified atom stereocenters. The highest BCUT2D eigenvalue weighted by molar-refractivity contribution is 6.12. The zero-order valence-electron chi connectivity index (χ0n) is 11.6. The topological polar surface area (TPSA) is 81.8 Å². The third-order valence-corrected chi connectivity index (χ3v) is 3.12. The Balaban J connectivity index is 1.88. The van der Waals surface area contributed by atoms with E-state index in [1.165, 1.54) is 54.6 Å². The number of rotatable bonds is 3. The summed E-state index contributed by atoms with van der Waals surface area (Å²) in [4.78, 5) is 26.0. The normalized spacial score (nSPS) is 15.4. The van der Waals surface area contributed by atoms with Gasteiger partial charge in [0.25, 0.3) is 5.69 Å². The maximum absolute atomic E-state index is 12.9. The molecule has 0 bridgehead atoms. The fourth-order valence-corrected chi connectivity index (χ4v) is 1.98. The molecule has 0 saturated heterocycles. The molecule has 23 heavy (non-hydrogen) atoms. The molecule has 0 amide bonds. The second-order valence-corrected chi connectivity index (χ2v) is 4.69. The summed E-state index contributed by atoms with van der Waals surface area (Å²) in [6.07, 6.45) is 1.46. The van der Waals surface area contributed by atoms with Gasteiger partial charge in [0.1, 0.15) is 5.82 Å². The highest BCUT2D eigenvalue weighted by Gasteiger charge is 2.24. The molecule has 0 aromatic heterocycles. The lowest BCUT2D eigenvalue weighted by Gasteiger charge is -1.98. The predicted octanol–water partition coefficient (Wildman–Crippen LogP) is 3.08. The number of benzene rings is 2. The van der Waals surface area contributed by atoms with Crippen LogP contribution in [0.1, 0.15) is 11.1 Å². The van der Waals surface area contributed by atoms with Gasteiger partial charge < -0.3 is 4.74 Å². The van der Waals surface area contributed by atoms with Gasteiger partial charge in [0.15, 0.2) is 5.70 Å². The summed E-state index contributed by atoms with van der Waals surface area (Å²) < 4.78 is 17.9. The highest BCUT2D eigenvalue weighted by atomic mass is 19.1. The Kier molecular flexibility index (Phi) is 3.68. The number of aliphatic imine (C=N–C) groups is 1. The van der Waals surface area contributed by atoms with E-state index < -0.39 is 16.7 Å². The molecular formula is C16H9FN2O4. The lowest BCUT2D eigenvalue weighted by molar-refractivity contribution is -0.384. The molecule has 3 rings (SSSR count). The molecule has 7 heteroatoms. The molecule has 2 aromatic carbocycles. The number of nitrogens with zero attached hydrogens (tertiary/aromatic N) is 2. The summed E-state index contributed by atoms with van der Waals surface area (Å²) in [5.74, 6) is -0.953. The van der Waals surface area contributed by atoms with Crippen LogP contribution in [0.4, 0.5) is 10.1 Å². The standard InChI is InChI=1S/C16H9FN2O4/c17-12-5-3-11(4-6-12)15-18-14(16(20)23-15)9-10-1-7-13(8-2-10)19(21)22/h1-9H. The Hall–Kier alpha value is -3.35. The van der Waals surface area contributed by atoms with Crippen LogP contribution >= 0.6 is 0 Å². The largest absolute Gasteiger partial charge is 0.402 e. The molecule has 0 N–H and O–H groups in total. The Labute approximate surface area is 129 Å². The van der Waals surface area contributed by atoms with Crippen LogP contribution in [-0.4, -0.2) is 16.8 Å². The van der Waals surface area contributed by atoms with Gasteiger partial charge in [-0.05, 0) is 48.0 Å². The van der Waals surface area contributed by atoms with Crippen LogP contribution in [-0.2, 0) is 9.53 Å². The summed E-state index contributed by atoms with van der Waals surface area (Å²) in [5.41, 5.74) is 1.08. The minimum Gasteiger partial charge on any atom is -0.402 e. The number of carbonyl (C=O) groups excluding carboxylic acids is 1. The lowest BCUT2D eigenvalue weighted by Crippen LogP contribution is -2.05. The summed E-state index contributed by atoms with van der Waals surface area (Å²) >= 11 is 0. The van der Waals surface area contributed by atoms with E-state index in [0.29, 0.717) is 11.1 Å². The van der Waals surface area contributed by atoms with Crippen molar-refractivity contribution in [1.82, 2.24) is 0 Å². The smallest absolute Gasteiger partial charge is 0.363 e. The number of carbonyl (C=O) groups is 1. The molecule has 1 aliphatic rings. The fourth-order valence-electron chi connectivity index (χ4n) is 1.98. The van der Waals surface area contributed by atoms with E-state index in [2.05, 4.69) is 4.99 Å². The second-order valence-electron chi connectivity index (χ2n) is 4.69. The van der Waals surface area contributed by atoms with Gasteiger partial charge in [-0.2, -0.15) is 0 Å². The number of nitro benzene ring substituents is 1. The first kappa shape index (κ1) is 14.6. The molecule has 0 atom stereocenters. The quantitative estimate of drug-likeness (QED) is 0.377. The maximum Gasteiger partial charge on any atom is 0.363 e. The molecule has 2 aromatic rings. The van der Waals surface area contributed by atoms with E-state index in [1.54, 1.807) is 0 Å². The Bertz CT molecular complexity index is 839. The van der Waals surface area contributed by atoms with Gasteiger partial charge >= 0.3 is 5.97 Å². The maximum atomic E-state index is 12.9. The van der Waals surface area contributed by atoms with Crippen LogP contribution in [0.3, 0.4) is 0 Å². The van der Waals surface area contributed by atoms with Crippen molar-refractivity contribution in [1.29, 1.82) is 0 Å². The van der Waals surface area contributed by atoms with Crippen molar-refractivity contribution in [2.75, 3.05) is 0 Å². The third-order valence-electron chi connectivity index (χ3n) is 3.12. The minimum absolute atomic E-state index is 0.0448. The first-order valence-electron chi connectivity index (χ1n) is 6.56. The van der Waals surface area contributed by atoms with Crippen molar-refractivity contribution >= 4 is 23.6 Å². The molecular weight excluding hydrogens is 303 g/mol. The predicted molar refractivity (Wildman–Crippen MR) is 80.1 cm³/mol. The van der Waals surface area contributed by atoms with Crippen molar-refractivity contribution in [3.63, 3.8) is 0 Å². The van der Waals surface area contributed by atoms with Crippen LogP contribution in [0, 0.1) is 15.9 Å². The minimum atomic E-state index is -0.636. The summed E-state index contributed by atoms with van der Waals surface area (Å²) in [5, 5.41) is 10.6. The molecule has 1 aliphatic heterocycles. The fraction of sp³-hybridized carbons (Fsp3) is 0. The van der Waals surface area contributed by atoms with Crippen LogP contribution in [0.15, 0.2) is 59.2 Å². The van der Waals surface area contributed by atoms with Crippen LogP contribution in [0.2, 0.25) is 0 Å². The zero-order valence-corrected chi connectivity index (χ0v) is 11.6. The van der Waals surface area contributed by atoms with Gasteiger partial charge in [-0.1, -0.05) is 0 Å². The van der Waals surface area contributed by atoms with E-state index in [9.17, 15) is 19.3 Å². The molecule has 0 aliphatic carbocycles. The molecule has 0 fully saturated rings. The van der Waals surface area contributed by atoms with E-state index in [4.69, 9.17) is 4.74 Å². The number of hydrogen-bond donors (Lipinski definition) is 0. The van der Waals surface area contributed by atoms with E-state index in [-0.39, 0.29) is 17.3 Å². The third kappa shape index (κ3) is 3.13. The van der Waals surface area contributed by atoms with Gasteiger partial charge in [0.05, 0.1) is 4.92 Å². The monoisotopic (exact) mass is 312 g/mol. The van der Waals surface area contributed by atoms with Crippen molar-refractivity contribution in [3.8, 4) is 0 Å². The summed E-state index contributed by atoms with van der Waals surface area (Å²) in [7, 11) is 0. The Morgan fingerprint density at radius 3 is 2.35 bits per heavy atom. The molecule has 114 valence electrons. The van der Waals surface area contributed by atoms with E-state index >= 15 is 0 Å². The SMILES string of the molecule is O=C1OC(c2ccc(F)cc2)=NC1=Cc1ccc([N+](=O)[O-])cc1. The number of esters is 1. The number of ether oxygens (including phenoxy) is 1. The number of halogens is 1. The highest BCUT2D eigenvalue weighted by Crippen LogP contribution is 2.20. The average molecular weight is 312 g/mol. The van der Waals surface area contributed by atoms with Gasteiger partial charge in [0, 0.05) is 17.7 Å². The van der Waals surface area contributed by atoms with Gasteiger partial charge in [0.2, 0.25) is 5.90 Å². The average Bonchev–Trinajstić information content (AvgIpc) is 2.89. The Morgan fingerprint density at radius 2 is 1.74 bits per heavy atom. The van der Waals surface area contributed by atoms with Crippen LogP contribution < -0.4 is 0 Å². The molecule has 0 radical (unpaired) electrons. The molecule has 6 nitrogen and oxygen atoms in total. The first-order valence-corrected chi connectivity index (χ1v) is 6.56. The van der Waals surface area contributed by atoms with Crippen molar-refractivity contribution in [3.05, 3.63) is 81.3 Å². The number of non-ortho nitro benzene ring substituents is 1. The van der Waals surface area contributed by atoms with E-state index in [0.717, 1.165) is 0 Å². The molecule has 1 heterocycles.